The molecule has 0 spiro atoms. The van der Waals surface area contributed by atoms with Gasteiger partial charge in [-0.15, -0.1) is 0 Å². The Balaban J connectivity index is 5.44. The summed E-state index contributed by atoms with van der Waals surface area (Å²) in [4.78, 5) is 0. The number of rotatable bonds is 4. The van der Waals surface area contributed by atoms with Gasteiger partial charge in [0.25, 0.3) is 0 Å². The van der Waals surface area contributed by atoms with Crippen LogP contribution in [0.25, 0.3) is 0 Å². The van der Waals surface area contributed by atoms with Gasteiger partial charge in [-0.2, -0.15) is 0 Å². The Morgan fingerprint density at radius 1 is 0.435 bits per heavy atom. The predicted molar refractivity (Wildman–Crippen MR) is 109 cm³/mol. The van der Waals surface area contributed by atoms with Crippen molar-refractivity contribution >= 4 is 162 Å². The maximum absolute atomic E-state index is 5.98. The average Bonchev–Trinajstić information content (AvgIpc) is 2.04. The van der Waals surface area contributed by atoms with Crippen molar-refractivity contribution in [3.8, 4) is 0 Å². The molecule has 0 rings (SSSR count). The molecule has 15 heteroatoms. The quantitative estimate of drug-likeness (QED) is 0.289. The second-order valence-electron chi connectivity index (χ2n) is 3.96. The topological polar surface area (TPSA) is 9.23 Å². The van der Waals surface area contributed by atoms with Crippen molar-refractivity contribution in [2.45, 2.75) is 26.3 Å². The molecule has 0 radical (unpaired) electrons. The van der Waals surface area contributed by atoms with Crippen molar-refractivity contribution in [3.05, 3.63) is 0 Å². The third-order valence-electron chi connectivity index (χ3n) is 2.19. The van der Waals surface area contributed by atoms with E-state index in [1.165, 1.54) is 0 Å². The number of hydrogen-bond donors (Lipinski definition) is 0. The fourth-order valence-electron chi connectivity index (χ4n) is 1.25. The highest BCUT2D eigenvalue weighted by Gasteiger charge is 2.55. The number of halogens is 14. The third kappa shape index (κ3) is 9.37. The van der Waals surface area contributed by atoms with E-state index in [0.717, 1.165) is 0 Å². The van der Waals surface area contributed by atoms with Crippen LogP contribution in [0, 0.1) is 11.8 Å². The molecule has 1 nitrogen and oxygen atoms in total. The van der Waals surface area contributed by atoms with E-state index in [-0.39, 0.29) is 0 Å². The van der Waals surface area contributed by atoms with Crippen molar-refractivity contribution in [2.24, 2.45) is 11.8 Å². The van der Waals surface area contributed by atoms with Gasteiger partial charge in [-0.05, 0) is 0 Å². The lowest BCUT2D eigenvalue weighted by molar-refractivity contribution is 0.0199. The lowest BCUT2D eigenvalue weighted by Gasteiger charge is -2.38. The zero-order chi connectivity index (χ0) is 19.0. The largest absolute Gasteiger partial charge is 0.342 e. The Kier molecular flexibility index (Phi) is 11.4. The van der Waals surface area contributed by atoms with Gasteiger partial charge in [0.1, 0.15) is 11.1 Å². The highest BCUT2D eigenvalue weighted by atomic mass is 35.6. The first kappa shape index (κ1) is 27.0. The molecule has 0 bridgehead atoms. The second kappa shape index (κ2) is 9.68. The van der Waals surface area contributed by atoms with Gasteiger partial charge < -0.3 is 4.74 Å². The molecule has 0 amide bonds. The molecule has 0 aromatic heterocycles. The van der Waals surface area contributed by atoms with Crippen LogP contribution in [0.15, 0.2) is 0 Å². The monoisotopic (exact) mass is 606 g/mol. The molecule has 0 aliphatic carbocycles. The number of ether oxygens (including phenoxy) is 1. The van der Waals surface area contributed by atoms with Gasteiger partial charge >= 0.3 is 0 Å². The van der Waals surface area contributed by atoms with Crippen LogP contribution in [0.2, 0.25) is 0 Å². The van der Waals surface area contributed by atoms with Gasteiger partial charge in [0.05, 0.1) is 11.8 Å². The van der Waals surface area contributed by atoms with E-state index in [1.54, 1.807) is 0 Å². The van der Waals surface area contributed by atoms with Crippen LogP contribution in [-0.4, -0.2) is 26.3 Å². The fraction of sp³-hybridized carbons (Fsp3) is 1.00. The van der Waals surface area contributed by atoms with Crippen LogP contribution >= 0.6 is 162 Å². The zero-order valence-corrected chi connectivity index (χ0v) is 20.6. The Hall–Kier alpha value is 4.02. The van der Waals surface area contributed by atoms with Crippen molar-refractivity contribution in [3.63, 3.8) is 0 Å². The van der Waals surface area contributed by atoms with Crippen LogP contribution in [0.5, 0.6) is 0 Å². The van der Waals surface area contributed by atoms with E-state index in [9.17, 15) is 0 Å². The summed E-state index contributed by atoms with van der Waals surface area (Å²) in [6, 6.07) is 0. The van der Waals surface area contributed by atoms with E-state index in [4.69, 9.17) is 167 Å². The van der Waals surface area contributed by atoms with E-state index in [0.29, 0.717) is 0 Å². The van der Waals surface area contributed by atoms with E-state index in [2.05, 4.69) is 0 Å². The van der Waals surface area contributed by atoms with Crippen LogP contribution in [0.1, 0.15) is 0 Å². The van der Waals surface area contributed by atoms with Gasteiger partial charge in [0.2, 0.25) is 15.2 Å². The Labute approximate surface area is 203 Å². The van der Waals surface area contributed by atoms with Gasteiger partial charge in [0, 0.05) is 0 Å². The van der Waals surface area contributed by atoms with E-state index >= 15 is 0 Å². The molecule has 0 aromatic carbocycles. The summed E-state index contributed by atoms with van der Waals surface area (Å²) in [6.45, 7) is 0. The Bertz CT molecular complexity index is 310. The highest BCUT2D eigenvalue weighted by molar-refractivity contribution is 6.73. The van der Waals surface area contributed by atoms with Gasteiger partial charge in [-0.25, -0.2) is 0 Å². The lowest BCUT2D eigenvalue weighted by Crippen LogP contribution is -2.45. The fourth-order valence-corrected chi connectivity index (χ4v) is 7.39. The second-order valence-corrected chi connectivity index (χ2v) is 14.3. The van der Waals surface area contributed by atoms with Gasteiger partial charge in [-0.3, -0.25) is 0 Å². The predicted octanol–water partition coefficient (Wildman–Crippen LogP) is 8.85. The van der Waals surface area contributed by atoms with Crippen molar-refractivity contribution in [1.82, 2.24) is 0 Å². The summed E-state index contributed by atoms with van der Waals surface area (Å²) >= 11 is 80.8. The molecular formula is C8H4Cl14O. The molecule has 0 aliphatic rings. The van der Waals surface area contributed by atoms with Crippen molar-refractivity contribution in [1.29, 1.82) is 0 Å². The van der Waals surface area contributed by atoms with Crippen LogP contribution in [0.4, 0.5) is 0 Å². The molecule has 0 saturated carbocycles. The Morgan fingerprint density at radius 2 is 0.609 bits per heavy atom. The molecule has 0 aromatic rings. The molecule has 0 fully saturated rings. The minimum Gasteiger partial charge on any atom is -0.342 e. The molecule has 0 heterocycles. The molecule has 2 atom stereocenters. The van der Waals surface area contributed by atoms with Crippen LogP contribution in [0.3, 0.4) is 0 Å². The standard InChI is InChI=1S/C8H4Cl14O/c9-3(1(5(11,12)13)6(14,15)16)23-4(10)2(7(17,18)19)8(20,21)22/h1-4H. The smallest absolute Gasteiger partial charge is 0.201 e. The molecule has 2 unspecified atom stereocenters. The minimum atomic E-state index is -2.14. The molecule has 0 N–H and O–H groups in total. The molecule has 0 saturated heterocycles. The first-order chi connectivity index (χ1) is 9.79. The van der Waals surface area contributed by atoms with Crippen LogP contribution in [-0.2, 0) is 4.74 Å². The zero-order valence-electron chi connectivity index (χ0n) is 10.0. The highest BCUT2D eigenvalue weighted by Crippen LogP contribution is 2.54. The first-order valence-electron chi connectivity index (χ1n) is 5.00. The molecule has 23 heavy (non-hydrogen) atoms. The Morgan fingerprint density at radius 3 is 0.739 bits per heavy atom. The average molecular weight is 612 g/mol. The summed E-state index contributed by atoms with van der Waals surface area (Å²) in [5.41, 5.74) is -3.11. The van der Waals surface area contributed by atoms with Crippen molar-refractivity contribution < 1.29 is 4.74 Å². The summed E-state index contributed by atoms with van der Waals surface area (Å²) in [5, 5.41) is 0. The summed E-state index contributed by atoms with van der Waals surface area (Å²) < 4.78 is -3.34. The maximum Gasteiger partial charge on any atom is 0.201 e. The van der Waals surface area contributed by atoms with Crippen molar-refractivity contribution in [2.75, 3.05) is 0 Å². The van der Waals surface area contributed by atoms with Gasteiger partial charge in [-0.1, -0.05) is 162 Å². The summed E-state index contributed by atoms with van der Waals surface area (Å²) in [5.74, 6) is -2.95. The molecule has 0 aliphatic heterocycles. The maximum atomic E-state index is 5.98. The van der Waals surface area contributed by atoms with Crippen LogP contribution < -0.4 is 0 Å². The number of alkyl halides is 14. The number of hydrogen-bond acceptors (Lipinski definition) is 1. The third-order valence-corrected chi connectivity index (χ3v) is 5.73. The first-order valence-corrected chi connectivity index (χ1v) is 10.4. The van der Waals surface area contributed by atoms with Gasteiger partial charge in [0.15, 0.2) is 0 Å². The van der Waals surface area contributed by atoms with E-state index in [1.807, 2.05) is 0 Å². The minimum absolute atomic E-state index is 1.47. The normalized spacial score (nSPS) is 17.7. The lowest BCUT2D eigenvalue weighted by atomic mass is 10.2. The summed E-state index contributed by atoms with van der Waals surface area (Å²) in [6.07, 6.45) is 0. The SMILES string of the molecule is ClC(OC(Cl)C(C(Cl)(Cl)Cl)C(Cl)(Cl)Cl)C(C(Cl)(Cl)Cl)C(Cl)(Cl)Cl. The molecular weight excluding hydrogens is 608 g/mol. The summed E-state index contributed by atoms with van der Waals surface area (Å²) in [7, 11) is 0. The van der Waals surface area contributed by atoms with E-state index < -0.39 is 38.1 Å². The molecule has 140 valence electrons.